The van der Waals surface area contributed by atoms with Gasteiger partial charge in [0.2, 0.25) is 23.2 Å². The minimum atomic E-state index is -5.30. The third kappa shape index (κ3) is 11.0. The number of pyridine rings is 2. The lowest BCUT2D eigenvalue weighted by Gasteiger charge is -2.43. The van der Waals surface area contributed by atoms with Crippen molar-refractivity contribution in [2.75, 3.05) is 26.2 Å². The lowest BCUT2D eigenvalue weighted by Crippen LogP contribution is -2.56. The van der Waals surface area contributed by atoms with Crippen molar-refractivity contribution >= 4 is 43.3 Å². The number of rotatable bonds is 12. The van der Waals surface area contributed by atoms with Crippen LogP contribution in [0.2, 0.25) is 0 Å². The molecule has 2 N–H and O–H groups in total. The van der Waals surface area contributed by atoms with Gasteiger partial charge in [-0.15, -0.1) is 0 Å². The van der Waals surface area contributed by atoms with E-state index >= 15 is 0 Å². The van der Waals surface area contributed by atoms with E-state index in [1.54, 1.807) is 0 Å². The first-order valence-electron chi connectivity index (χ1n) is 27.9. The molecule has 4 aromatic rings. The summed E-state index contributed by atoms with van der Waals surface area (Å²) in [5, 5.41) is 20.6. The van der Waals surface area contributed by atoms with Gasteiger partial charge in [-0.05, 0) is 152 Å². The van der Waals surface area contributed by atoms with Gasteiger partial charge in [0.1, 0.15) is 33.2 Å². The van der Waals surface area contributed by atoms with Crippen LogP contribution in [0.1, 0.15) is 114 Å². The SMILES string of the molecule is CC(C)(O)CN1C(=O)[C@H](F)C[C@@H]1C(=O)N1CCC2(S(=O)(=O)c3ccc(F)cc3)c3ccc(C(C)(F)C(F)(F)F)nc3CCC12.CC(C)(O)CN1C(=O)[C@H](F)C[C@H]1C(=O)N1CCC2(S(=O)(=O)c3ccc(F)cc3)c3ccc(C(C)(F)C(F)(F)F)nc3CCC12. The molecule has 4 saturated heterocycles. The largest absolute Gasteiger partial charge is 0.428 e. The number of amides is 4. The molecule has 4 aliphatic heterocycles. The maximum atomic E-state index is 14.9. The monoisotopic (exact) mass is 1290 g/mol. The van der Waals surface area contributed by atoms with Gasteiger partial charge in [-0.2, -0.15) is 26.3 Å². The predicted molar refractivity (Wildman–Crippen MR) is 288 cm³/mol. The van der Waals surface area contributed by atoms with Gasteiger partial charge in [0.05, 0.1) is 44.5 Å². The number of aromatic nitrogens is 2. The fourth-order valence-corrected chi connectivity index (χ4v) is 18.0. The van der Waals surface area contributed by atoms with Crippen molar-refractivity contribution < 1.29 is 98.9 Å². The van der Waals surface area contributed by atoms with Crippen molar-refractivity contribution in [1.29, 1.82) is 0 Å². The topological polar surface area (TPSA) is 216 Å². The molecule has 6 unspecified atom stereocenters. The van der Waals surface area contributed by atoms with Gasteiger partial charge in [-0.1, -0.05) is 12.1 Å². The molecule has 2 aromatic carbocycles. The van der Waals surface area contributed by atoms with E-state index in [0.717, 1.165) is 82.6 Å². The number of carbonyl (C=O) groups is 4. The number of likely N-dealkylation sites (tertiary alicyclic amines) is 4. The van der Waals surface area contributed by atoms with E-state index < -0.39 is 160 Å². The van der Waals surface area contributed by atoms with Gasteiger partial charge in [-0.25, -0.2) is 43.2 Å². The number of sulfone groups is 2. The number of aryl methyl sites for hydroxylation is 2. The zero-order valence-corrected chi connectivity index (χ0v) is 49.7. The lowest BCUT2D eigenvalue weighted by molar-refractivity contribution is -0.230. The van der Waals surface area contributed by atoms with Crippen molar-refractivity contribution in [2.45, 2.75) is 184 Å². The molecule has 4 fully saturated rings. The third-order valence-electron chi connectivity index (χ3n) is 17.6. The van der Waals surface area contributed by atoms with Crippen LogP contribution in [0.4, 0.5) is 52.7 Å². The molecule has 0 spiro atoms. The summed E-state index contributed by atoms with van der Waals surface area (Å²) < 4.78 is 221. The van der Waals surface area contributed by atoms with Crippen LogP contribution in [0.3, 0.4) is 0 Å². The van der Waals surface area contributed by atoms with E-state index in [2.05, 4.69) is 9.97 Å². The number of fused-ring (bicyclic) bond motifs is 6. The zero-order chi connectivity index (χ0) is 65.2. The Kier molecular flexibility index (Phi) is 16.7. The second-order valence-corrected chi connectivity index (χ2v) is 29.2. The third-order valence-corrected chi connectivity index (χ3v) is 22.7. The Labute approximate surface area is 498 Å². The van der Waals surface area contributed by atoms with E-state index in [4.69, 9.17) is 0 Å². The maximum absolute atomic E-state index is 14.9. The standard InChI is InChI=1S/2C29H31F6N3O5S/c2*1-26(2,41)15-38-21(14-19(31)24(38)39)25(40)37-13-12-28(44(42,43)17-6-4-16(30)5-7-17)18-8-10-22(27(3,32)29(33,34)35)36-20(18)9-11-23(28)37/h2*4-8,10,19,21,23,41H,9,11-15H2,1-3H3/t19-,21+,23?,27?,28?;19-,21-,23?,27?,28?/m11/s1. The molecule has 0 bridgehead atoms. The second kappa shape index (κ2) is 22.2. The number of benzene rings is 2. The summed E-state index contributed by atoms with van der Waals surface area (Å²) in [7, 11) is -9.06. The average Bonchev–Trinajstić information content (AvgIpc) is 1.39. The molecule has 2 aromatic heterocycles. The van der Waals surface area contributed by atoms with E-state index in [9.17, 15) is 98.9 Å². The van der Waals surface area contributed by atoms with E-state index in [0.29, 0.717) is 13.8 Å². The average molecular weight is 1300 g/mol. The molecule has 6 heterocycles. The summed E-state index contributed by atoms with van der Waals surface area (Å²) in [5.74, 6) is -4.90. The lowest BCUT2D eigenvalue weighted by atomic mass is 9.80. The molecule has 0 radical (unpaired) electrons. The maximum Gasteiger partial charge on any atom is 0.428 e. The normalized spacial score (nSPS) is 27.2. The van der Waals surface area contributed by atoms with E-state index in [-0.39, 0.29) is 97.0 Å². The van der Waals surface area contributed by atoms with Gasteiger partial charge in [0.25, 0.3) is 11.8 Å². The van der Waals surface area contributed by atoms with Gasteiger partial charge in [0.15, 0.2) is 32.0 Å². The highest BCUT2D eigenvalue weighted by molar-refractivity contribution is 7.92. The molecule has 4 amide bonds. The number of β-amino-alcohol motifs (C(OH)–C–C–N with tert-alkyl or cyclic N) is 2. The molecule has 2 aliphatic carbocycles. The van der Waals surface area contributed by atoms with Crippen molar-refractivity contribution in [3.63, 3.8) is 0 Å². The Balaban J connectivity index is 0.000000209. The molecule has 0 saturated carbocycles. The van der Waals surface area contributed by atoms with Crippen LogP contribution in [0.25, 0.3) is 0 Å². The Hall–Kier alpha value is -6.40. The van der Waals surface area contributed by atoms with Crippen molar-refractivity contribution in [3.8, 4) is 0 Å². The first-order valence-corrected chi connectivity index (χ1v) is 30.9. The van der Waals surface area contributed by atoms with Crippen LogP contribution in [0.15, 0.2) is 82.6 Å². The molecule has 10 rings (SSSR count). The summed E-state index contributed by atoms with van der Waals surface area (Å²) >= 11 is 0. The fraction of sp³-hybridized carbons (Fsp3) is 0.552. The van der Waals surface area contributed by atoms with Gasteiger partial charge >= 0.3 is 12.4 Å². The molecular formula is C58H62F12N6O10S2. The first-order chi connectivity index (χ1) is 40.4. The first kappa shape index (κ1) is 66.0. The number of hydrogen-bond donors (Lipinski definition) is 2. The molecule has 30 heteroatoms. The highest BCUT2D eigenvalue weighted by atomic mass is 32.2. The Bertz CT molecular complexity index is 3420. The number of halogens is 12. The molecule has 10 atom stereocenters. The summed E-state index contributed by atoms with van der Waals surface area (Å²) in [5.41, 5.74) is -12.7. The minimum Gasteiger partial charge on any atom is -0.389 e. The number of nitrogens with zero attached hydrogens (tertiary/aromatic N) is 6. The van der Waals surface area contributed by atoms with E-state index in [1.165, 1.54) is 37.5 Å². The number of aliphatic hydroxyl groups is 2. The number of carbonyl (C=O) groups excluding carboxylic acids is 4. The Morgan fingerprint density at radius 2 is 0.864 bits per heavy atom. The van der Waals surface area contributed by atoms with Gasteiger partial charge < -0.3 is 29.8 Å². The van der Waals surface area contributed by atoms with Crippen LogP contribution >= 0.6 is 0 Å². The van der Waals surface area contributed by atoms with Crippen molar-refractivity contribution in [3.05, 3.63) is 118 Å². The van der Waals surface area contributed by atoms with Gasteiger partial charge in [0, 0.05) is 50.4 Å². The fourth-order valence-electron chi connectivity index (χ4n) is 13.3. The smallest absolute Gasteiger partial charge is 0.389 e. The van der Waals surface area contributed by atoms with E-state index in [1.807, 2.05) is 0 Å². The molecule has 6 aliphatic rings. The quantitative estimate of drug-likeness (QED) is 0.103. The molecule has 480 valence electrons. The summed E-state index contributed by atoms with van der Waals surface area (Å²) in [6.45, 7) is 5.04. The zero-order valence-electron chi connectivity index (χ0n) is 48.1. The Morgan fingerprint density at radius 3 is 1.16 bits per heavy atom. The highest BCUT2D eigenvalue weighted by Gasteiger charge is 2.66. The molecular weight excluding hydrogens is 1230 g/mol. The van der Waals surface area contributed by atoms with Crippen molar-refractivity contribution in [2.24, 2.45) is 0 Å². The van der Waals surface area contributed by atoms with Crippen LogP contribution in [0.5, 0.6) is 0 Å². The Morgan fingerprint density at radius 1 is 0.545 bits per heavy atom. The summed E-state index contributed by atoms with van der Waals surface area (Å²) in [6, 6.07) is 6.62. The van der Waals surface area contributed by atoms with Crippen LogP contribution in [-0.2, 0) is 72.5 Å². The van der Waals surface area contributed by atoms with Crippen LogP contribution in [-0.4, -0.2) is 166 Å². The minimum absolute atomic E-state index is 0.0192. The predicted octanol–water partition coefficient (Wildman–Crippen LogP) is 7.79. The number of alkyl halides is 10. The van der Waals surface area contributed by atoms with Gasteiger partial charge in [-0.3, -0.25) is 29.1 Å². The molecule has 16 nitrogen and oxygen atoms in total. The summed E-state index contributed by atoms with van der Waals surface area (Å²) in [4.78, 5) is 64.8. The molecule has 88 heavy (non-hydrogen) atoms. The second-order valence-electron chi connectivity index (χ2n) is 24.7. The van der Waals surface area contributed by atoms with Crippen LogP contribution < -0.4 is 0 Å². The van der Waals surface area contributed by atoms with Crippen LogP contribution in [0, 0.1) is 11.6 Å². The van der Waals surface area contributed by atoms with Crippen molar-refractivity contribution in [1.82, 2.24) is 29.6 Å². The highest BCUT2D eigenvalue weighted by Crippen LogP contribution is 2.56. The number of hydrogen-bond acceptors (Lipinski definition) is 12. The summed E-state index contributed by atoms with van der Waals surface area (Å²) in [6.07, 6.45) is -16.6.